The van der Waals surface area contributed by atoms with Crippen LogP contribution < -0.4 is 10.9 Å². The number of aryl methyl sites for hydroxylation is 2. The maximum atomic E-state index is 12.4. The highest BCUT2D eigenvalue weighted by Gasteiger charge is 2.29. The van der Waals surface area contributed by atoms with Crippen LogP contribution in [0.25, 0.3) is 10.2 Å². The van der Waals surface area contributed by atoms with Gasteiger partial charge >= 0.3 is 0 Å². The molecule has 0 spiro atoms. The summed E-state index contributed by atoms with van der Waals surface area (Å²) in [5.74, 6) is 0.802. The lowest BCUT2D eigenvalue weighted by Crippen LogP contribution is -2.35. The molecule has 0 amide bonds. The van der Waals surface area contributed by atoms with Crippen molar-refractivity contribution in [2.45, 2.75) is 51.7 Å². The molecule has 2 N–H and O–H groups in total. The molecule has 126 valence electrons. The number of likely N-dealkylation sites (tertiary alicyclic amines) is 1. The van der Waals surface area contributed by atoms with Gasteiger partial charge in [-0.15, -0.1) is 23.7 Å². The van der Waals surface area contributed by atoms with Crippen molar-refractivity contribution >= 4 is 34.0 Å². The topological polar surface area (TPSA) is 61.0 Å². The lowest BCUT2D eigenvalue weighted by molar-refractivity contribution is 0.245. The minimum atomic E-state index is 0. The van der Waals surface area contributed by atoms with Gasteiger partial charge in [0.2, 0.25) is 0 Å². The van der Waals surface area contributed by atoms with E-state index in [0.717, 1.165) is 41.2 Å². The number of aromatic nitrogens is 2. The van der Waals surface area contributed by atoms with Crippen LogP contribution in [0.2, 0.25) is 0 Å². The van der Waals surface area contributed by atoms with Gasteiger partial charge in [-0.3, -0.25) is 9.69 Å². The Kier molecular flexibility index (Phi) is 4.78. The summed E-state index contributed by atoms with van der Waals surface area (Å²) in [5.41, 5.74) is 1.08. The number of hydrogen-bond donors (Lipinski definition) is 2. The Bertz CT molecular complexity index is 771. The second kappa shape index (κ2) is 6.51. The van der Waals surface area contributed by atoms with E-state index in [-0.39, 0.29) is 18.0 Å². The fourth-order valence-electron chi connectivity index (χ4n) is 3.74. The number of hydrogen-bond acceptors (Lipinski definition) is 5. The number of halogens is 1. The first-order chi connectivity index (χ1) is 10.6. The Labute approximate surface area is 145 Å². The molecule has 0 aliphatic carbocycles. The van der Waals surface area contributed by atoms with Crippen molar-refractivity contribution in [3.63, 3.8) is 0 Å². The summed E-state index contributed by atoms with van der Waals surface area (Å²) in [5, 5.41) is 4.45. The van der Waals surface area contributed by atoms with Crippen molar-refractivity contribution < 1.29 is 0 Å². The van der Waals surface area contributed by atoms with E-state index in [4.69, 9.17) is 4.98 Å². The van der Waals surface area contributed by atoms with E-state index in [1.165, 1.54) is 24.1 Å². The summed E-state index contributed by atoms with van der Waals surface area (Å²) in [6.07, 6.45) is 3.78. The molecule has 7 heteroatoms. The molecular weight excluding hydrogens is 332 g/mol. The fourth-order valence-corrected chi connectivity index (χ4v) is 4.79. The quantitative estimate of drug-likeness (QED) is 0.869. The van der Waals surface area contributed by atoms with E-state index < -0.39 is 0 Å². The van der Waals surface area contributed by atoms with Crippen LogP contribution in [0.4, 0.5) is 0 Å². The maximum absolute atomic E-state index is 12.4. The first-order valence-corrected chi connectivity index (χ1v) is 8.89. The Balaban J connectivity index is 0.00000156. The van der Waals surface area contributed by atoms with Crippen LogP contribution in [0.1, 0.15) is 35.5 Å². The average molecular weight is 355 g/mol. The molecule has 0 radical (unpaired) electrons. The smallest absolute Gasteiger partial charge is 0.259 e. The number of nitrogens with zero attached hydrogens (tertiary/aromatic N) is 2. The van der Waals surface area contributed by atoms with E-state index in [9.17, 15) is 4.79 Å². The van der Waals surface area contributed by atoms with Gasteiger partial charge < -0.3 is 10.3 Å². The van der Waals surface area contributed by atoms with Crippen molar-refractivity contribution in [3.05, 3.63) is 26.6 Å². The summed E-state index contributed by atoms with van der Waals surface area (Å²) >= 11 is 1.62. The van der Waals surface area contributed by atoms with E-state index in [1.807, 2.05) is 6.92 Å². The van der Waals surface area contributed by atoms with Crippen molar-refractivity contribution in [2.24, 2.45) is 0 Å². The standard InChI is InChI=1S/C16H22N4OS.ClH/c1-9-10(2)22-16-14(9)15(21)18-13(19-16)8-20-6-5-11-3-4-12(7-20)17-11;/h11-12,17H,3-8H2,1-2H3,(H,18,19,21);1H. The second-order valence-corrected chi connectivity index (χ2v) is 7.84. The van der Waals surface area contributed by atoms with E-state index in [0.29, 0.717) is 12.1 Å². The second-order valence-electron chi connectivity index (χ2n) is 6.64. The lowest BCUT2D eigenvalue weighted by atomic mass is 10.1. The molecule has 2 aromatic heterocycles. The van der Waals surface area contributed by atoms with Crippen LogP contribution >= 0.6 is 23.7 Å². The predicted molar refractivity (Wildman–Crippen MR) is 96.8 cm³/mol. The molecular formula is C16H23ClN4OS. The minimum Gasteiger partial charge on any atom is -0.310 e. The SMILES string of the molecule is Cc1sc2nc(CN3CCC4CCC(C3)N4)[nH]c(=O)c2c1C.Cl. The van der Waals surface area contributed by atoms with Crippen LogP contribution in [0.5, 0.6) is 0 Å². The molecule has 0 aromatic carbocycles. The van der Waals surface area contributed by atoms with Crippen LogP contribution in [0.3, 0.4) is 0 Å². The van der Waals surface area contributed by atoms with E-state index >= 15 is 0 Å². The third-order valence-electron chi connectivity index (χ3n) is 5.07. The third-order valence-corrected chi connectivity index (χ3v) is 6.17. The lowest BCUT2D eigenvalue weighted by Gasteiger charge is -2.23. The molecule has 2 fully saturated rings. The summed E-state index contributed by atoms with van der Waals surface area (Å²) in [4.78, 5) is 24.5. The molecule has 4 heterocycles. The zero-order chi connectivity index (χ0) is 15.3. The number of H-pyrrole nitrogens is 1. The molecule has 5 nitrogen and oxygen atoms in total. The molecule has 2 bridgehead atoms. The molecule has 0 saturated carbocycles. The largest absolute Gasteiger partial charge is 0.310 e. The summed E-state index contributed by atoms with van der Waals surface area (Å²) in [6.45, 7) is 6.94. The number of thiophene rings is 1. The van der Waals surface area contributed by atoms with Crippen LogP contribution in [-0.4, -0.2) is 40.0 Å². The van der Waals surface area contributed by atoms with E-state index in [2.05, 4.69) is 22.1 Å². The minimum absolute atomic E-state index is 0. The highest BCUT2D eigenvalue weighted by molar-refractivity contribution is 7.18. The average Bonchev–Trinajstić information content (AvgIpc) is 2.94. The van der Waals surface area contributed by atoms with Gasteiger partial charge in [-0.1, -0.05) is 0 Å². The van der Waals surface area contributed by atoms with Gasteiger partial charge in [-0.05, 0) is 38.7 Å². The van der Waals surface area contributed by atoms with Crippen molar-refractivity contribution in [1.29, 1.82) is 0 Å². The summed E-state index contributed by atoms with van der Waals surface area (Å²) in [6, 6.07) is 1.29. The van der Waals surface area contributed by atoms with Crippen molar-refractivity contribution in [1.82, 2.24) is 20.2 Å². The van der Waals surface area contributed by atoms with Gasteiger partial charge in [0.05, 0.1) is 11.9 Å². The Morgan fingerprint density at radius 1 is 1.26 bits per heavy atom. The van der Waals surface area contributed by atoms with Gasteiger partial charge in [0.25, 0.3) is 5.56 Å². The first-order valence-electron chi connectivity index (χ1n) is 8.07. The predicted octanol–water partition coefficient (Wildman–Crippen LogP) is 2.35. The Hall–Kier alpha value is -0.950. The van der Waals surface area contributed by atoms with E-state index in [1.54, 1.807) is 11.3 Å². The monoisotopic (exact) mass is 354 g/mol. The van der Waals surface area contributed by atoms with Crippen LogP contribution in [0, 0.1) is 13.8 Å². The van der Waals surface area contributed by atoms with Gasteiger partial charge in [-0.25, -0.2) is 4.98 Å². The molecule has 2 aromatic rings. The van der Waals surface area contributed by atoms with Gasteiger partial charge in [0.15, 0.2) is 0 Å². The number of aromatic amines is 1. The van der Waals surface area contributed by atoms with Crippen molar-refractivity contribution in [2.75, 3.05) is 13.1 Å². The zero-order valence-corrected chi connectivity index (χ0v) is 15.1. The molecule has 2 unspecified atom stereocenters. The summed E-state index contributed by atoms with van der Waals surface area (Å²) < 4.78 is 0. The zero-order valence-electron chi connectivity index (χ0n) is 13.5. The first kappa shape index (κ1) is 16.9. The fraction of sp³-hybridized carbons (Fsp3) is 0.625. The highest BCUT2D eigenvalue weighted by Crippen LogP contribution is 2.26. The maximum Gasteiger partial charge on any atom is 0.259 e. The number of rotatable bonds is 2. The molecule has 23 heavy (non-hydrogen) atoms. The van der Waals surface area contributed by atoms with Gasteiger partial charge in [-0.2, -0.15) is 0 Å². The summed E-state index contributed by atoms with van der Waals surface area (Å²) in [7, 11) is 0. The third kappa shape index (κ3) is 3.18. The molecule has 2 saturated heterocycles. The van der Waals surface area contributed by atoms with Crippen molar-refractivity contribution in [3.8, 4) is 0 Å². The normalized spacial score (nSPS) is 24.6. The molecule has 2 aliphatic heterocycles. The number of fused-ring (bicyclic) bond motifs is 3. The molecule has 4 rings (SSSR count). The van der Waals surface area contributed by atoms with Crippen LogP contribution in [-0.2, 0) is 6.54 Å². The molecule has 2 aliphatic rings. The van der Waals surface area contributed by atoms with Gasteiger partial charge in [0, 0.05) is 30.1 Å². The highest BCUT2D eigenvalue weighted by atomic mass is 35.5. The van der Waals surface area contributed by atoms with Gasteiger partial charge in [0.1, 0.15) is 10.7 Å². The van der Waals surface area contributed by atoms with Crippen LogP contribution in [0.15, 0.2) is 4.79 Å². The Morgan fingerprint density at radius 2 is 2.04 bits per heavy atom. The Morgan fingerprint density at radius 3 is 2.87 bits per heavy atom. The molecule has 2 atom stereocenters. The number of nitrogens with one attached hydrogen (secondary N) is 2.